The van der Waals surface area contributed by atoms with Crippen LogP contribution in [0.2, 0.25) is 0 Å². The van der Waals surface area contributed by atoms with Crippen molar-refractivity contribution >= 4 is 16.7 Å². The Morgan fingerprint density at radius 2 is 1.92 bits per heavy atom. The van der Waals surface area contributed by atoms with Crippen LogP contribution in [0.25, 0.3) is 10.9 Å². The molecule has 3 heterocycles. The van der Waals surface area contributed by atoms with Crippen molar-refractivity contribution < 1.29 is 13.9 Å². The number of nitrogens with one attached hydrogen (secondary N) is 2. The van der Waals surface area contributed by atoms with E-state index in [4.69, 9.17) is 4.74 Å². The van der Waals surface area contributed by atoms with Crippen molar-refractivity contribution in [3.8, 4) is 0 Å². The van der Waals surface area contributed by atoms with Gasteiger partial charge in [0.05, 0.1) is 11.3 Å². The van der Waals surface area contributed by atoms with Crippen LogP contribution in [0.3, 0.4) is 0 Å². The summed E-state index contributed by atoms with van der Waals surface area (Å²) < 4.78 is 19.9. The topological polar surface area (TPSA) is 54.1 Å². The highest BCUT2D eigenvalue weighted by atomic mass is 19.1. The normalized spacial score (nSPS) is 21.2. The van der Waals surface area contributed by atoms with Crippen LogP contribution < -0.4 is 5.32 Å². The summed E-state index contributed by atoms with van der Waals surface area (Å²) in [7, 11) is 0. The number of aromatic amines is 1. The molecular formula is C21H19FN2O2. The maximum atomic E-state index is 13.5. The standard InChI is InChI=1S/C21H19FN2O2/c22-14-5-6-17-13(11-14)12-18(24-17)19(25)20-15-3-1-2-4-16(15)21(26-20)7-9-23-10-8-21/h1-6,11-12,20,23-24H,7-10H2/t20-/m1/s1. The number of rotatable bonds is 2. The second-order valence-corrected chi connectivity index (χ2v) is 7.11. The van der Waals surface area contributed by atoms with Crippen LogP contribution in [0.1, 0.15) is 40.6 Å². The fourth-order valence-corrected chi connectivity index (χ4v) is 4.28. The molecular weight excluding hydrogens is 331 g/mol. The predicted molar refractivity (Wildman–Crippen MR) is 96.6 cm³/mol. The van der Waals surface area contributed by atoms with Gasteiger partial charge in [-0.3, -0.25) is 4.79 Å². The molecule has 3 aromatic rings. The van der Waals surface area contributed by atoms with E-state index in [0.717, 1.165) is 42.6 Å². The van der Waals surface area contributed by atoms with Crippen molar-refractivity contribution in [2.45, 2.75) is 24.5 Å². The summed E-state index contributed by atoms with van der Waals surface area (Å²) in [6.07, 6.45) is 1.08. The highest BCUT2D eigenvalue weighted by Crippen LogP contribution is 2.49. The van der Waals surface area contributed by atoms with Gasteiger partial charge in [0.15, 0.2) is 0 Å². The fourth-order valence-electron chi connectivity index (χ4n) is 4.28. The summed E-state index contributed by atoms with van der Waals surface area (Å²) in [5.41, 5.74) is 2.89. The predicted octanol–water partition coefficient (Wildman–Crippen LogP) is 3.84. The van der Waals surface area contributed by atoms with E-state index in [0.29, 0.717) is 11.1 Å². The summed E-state index contributed by atoms with van der Waals surface area (Å²) in [6.45, 7) is 1.75. The SMILES string of the molecule is O=C(c1cc2cc(F)ccc2[nH]1)[C@@H]1OC2(CCNCC2)c2ccccc21. The molecule has 2 aliphatic rings. The van der Waals surface area contributed by atoms with E-state index >= 15 is 0 Å². The van der Waals surface area contributed by atoms with Crippen LogP contribution in [-0.2, 0) is 10.3 Å². The second kappa shape index (κ2) is 5.76. The van der Waals surface area contributed by atoms with Gasteiger partial charge in [-0.2, -0.15) is 0 Å². The molecule has 0 radical (unpaired) electrons. The van der Waals surface area contributed by atoms with Crippen molar-refractivity contribution in [1.82, 2.24) is 10.3 Å². The Hall–Kier alpha value is -2.50. The van der Waals surface area contributed by atoms with Gasteiger partial charge >= 0.3 is 0 Å². The summed E-state index contributed by atoms with van der Waals surface area (Å²) >= 11 is 0. The molecule has 0 unspecified atom stereocenters. The van der Waals surface area contributed by atoms with Crippen molar-refractivity contribution in [2.24, 2.45) is 0 Å². The van der Waals surface area contributed by atoms with Crippen molar-refractivity contribution in [1.29, 1.82) is 0 Å². The summed E-state index contributed by atoms with van der Waals surface area (Å²) in [4.78, 5) is 16.3. The highest BCUT2D eigenvalue weighted by molar-refractivity contribution is 6.03. The first-order valence-corrected chi connectivity index (χ1v) is 8.97. The molecule has 4 nitrogen and oxygen atoms in total. The van der Waals surface area contributed by atoms with Gasteiger partial charge in [0, 0.05) is 10.9 Å². The van der Waals surface area contributed by atoms with Gasteiger partial charge in [0.2, 0.25) is 5.78 Å². The van der Waals surface area contributed by atoms with E-state index in [1.54, 1.807) is 12.1 Å². The smallest absolute Gasteiger partial charge is 0.212 e. The molecule has 1 saturated heterocycles. The lowest BCUT2D eigenvalue weighted by Crippen LogP contribution is -2.40. The molecule has 5 rings (SSSR count). The van der Waals surface area contributed by atoms with E-state index in [1.165, 1.54) is 12.1 Å². The molecule has 5 heteroatoms. The molecule has 0 aliphatic carbocycles. The number of ketones is 1. The summed E-state index contributed by atoms with van der Waals surface area (Å²) in [5, 5.41) is 4.05. The lowest BCUT2D eigenvalue weighted by atomic mass is 9.84. The van der Waals surface area contributed by atoms with E-state index < -0.39 is 6.10 Å². The van der Waals surface area contributed by atoms with Crippen LogP contribution in [0, 0.1) is 5.82 Å². The monoisotopic (exact) mass is 350 g/mol. The number of Topliss-reactive ketones (excluding diaryl/α,β-unsaturated/α-hetero) is 1. The average Bonchev–Trinajstić information content (AvgIpc) is 3.22. The number of halogens is 1. The van der Waals surface area contributed by atoms with Crippen molar-refractivity contribution in [2.75, 3.05) is 13.1 Å². The fraction of sp³-hybridized carbons (Fsp3) is 0.286. The number of piperidine rings is 1. The zero-order valence-corrected chi connectivity index (χ0v) is 14.2. The first-order chi connectivity index (χ1) is 12.7. The molecule has 0 bridgehead atoms. The number of aromatic nitrogens is 1. The van der Waals surface area contributed by atoms with Crippen LogP contribution in [0.15, 0.2) is 48.5 Å². The number of hydrogen-bond acceptors (Lipinski definition) is 3. The molecule has 1 fully saturated rings. The number of carbonyl (C=O) groups is 1. The number of benzene rings is 2. The Labute approximate surface area is 150 Å². The Balaban J connectivity index is 1.55. The highest BCUT2D eigenvalue weighted by Gasteiger charge is 2.47. The number of ether oxygens (including phenoxy) is 1. The number of hydrogen-bond donors (Lipinski definition) is 2. The van der Waals surface area contributed by atoms with Crippen molar-refractivity contribution in [3.63, 3.8) is 0 Å². The quantitative estimate of drug-likeness (QED) is 0.691. The minimum Gasteiger partial charge on any atom is -0.354 e. The van der Waals surface area contributed by atoms with Crippen LogP contribution in [-0.4, -0.2) is 23.9 Å². The van der Waals surface area contributed by atoms with Gasteiger partial charge in [0.25, 0.3) is 0 Å². The van der Waals surface area contributed by atoms with Crippen LogP contribution in [0.5, 0.6) is 0 Å². The van der Waals surface area contributed by atoms with Gasteiger partial charge in [-0.25, -0.2) is 4.39 Å². The minimum atomic E-state index is -0.623. The molecule has 132 valence electrons. The maximum Gasteiger partial charge on any atom is 0.212 e. The van der Waals surface area contributed by atoms with Gasteiger partial charge < -0.3 is 15.0 Å². The molecule has 2 aliphatic heterocycles. The number of fused-ring (bicyclic) bond motifs is 3. The van der Waals surface area contributed by atoms with E-state index in [2.05, 4.69) is 16.4 Å². The van der Waals surface area contributed by atoms with Crippen LogP contribution in [0.4, 0.5) is 4.39 Å². The summed E-state index contributed by atoms with van der Waals surface area (Å²) in [6, 6.07) is 14.2. The lowest BCUT2D eigenvalue weighted by molar-refractivity contribution is -0.0807. The molecule has 0 saturated carbocycles. The first-order valence-electron chi connectivity index (χ1n) is 8.97. The van der Waals surface area contributed by atoms with Gasteiger partial charge in [-0.05, 0) is 61.3 Å². The zero-order valence-electron chi connectivity index (χ0n) is 14.2. The third-order valence-corrected chi connectivity index (χ3v) is 5.58. The maximum absolute atomic E-state index is 13.5. The van der Waals surface area contributed by atoms with Crippen molar-refractivity contribution in [3.05, 3.63) is 71.2 Å². The molecule has 2 N–H and O–H groups in total. The molecule has 26 heavy (non-hydrogen) atoms. The molecule has 2 aromatic carbocycles. The Bertz CT molecular complexity index is 1000. The molecule has 0 amide bonds. The van der Waals surface area contributed by atoms with E-state index in [1.807, 2.05) is 18.2 Å². The summed E-state index contributed by atoms with van der Waals surface area (Å²) in [5.74, 6) is -0.420. The first kappa shape index (κ1) is 15.7. The van der Waals surface area contributed by atoms with E-state index in [-0.39, 0.29) is 17.2 Å². The Morgan fingerprint density at radius 3 is 2.77 bits per heavy atom. The van der Waals surface area contributed by atoms with Gasteiger partial charge in [-0.1, -0.05) is 24.3 Å². The molecule has 1 spiro atoms. The lowest BCUT2D eigenvalue weighted by Gasteiger charge is -2.34. The third kappa shape index (κ3) is 2.31. The molecule has 1 atom stereocenters. The van der Waals surface area contributed by atoms with E-state index in [9.17, 15) is 9.18 Å². The molecule has 1 aromatic heterocycles. The zero-order chi connectivity index (χ0) is 17.7. The average molecular weight is 350 g/mol. The van der Waals surface area contributed by atoms with Crippen LogP contribution >= 0.6 is 0 Å². The second-order valence-electron chi connectivity index (χ2n) is 7.11. The van der Waals surface area contributed by atoms with Gasteiger partial charge in [-0.15, -0.1) is 0 Å². The number of carbonyl (C=O) groups excluding carboxylic acids is 1. The third-order valence-electron chi connectivity index (χ3n) is 5.58. The Morgan fingerprint density at radius 1 is 1.12 bits per heavy atom. The number of H-pyrrole nitrogens is 1. The largest absolute Gasteiger partial charge is 0.354 e. The minimum absolute atomic E-state index is 0.107. The Kier molecular flexibility index (Phi) is 3.48. The van der Waals surface area contributed by atoms with Gasteiger partial charge in [0.1, 0.15) is 11.9 Å².